The number of benzene rings is 6. The first kappa shape index (κ1) is 28.5. The molecule has 3 aliphatic rings. The largest absolute Gasteiger partial charge is 0.297 e. The molecule has 4 nitrogen and oxygen atoms in total. The number of ketones is 1. The molecular weight excluding hydrogens is 625 g/mol. The first-order chi connectivity index (χ1) is 23.2. The predicted molar refractivity (Wildman–Crippen MR) is 167 cm³/mol. The molecule has 4 atom stereocenters. The number of carbonyl (C=O) groups is 3. The maximum absolute atomic E-state index is 15.8. The number of hydrogen-bond donors (Lipinski definition) is 0. The fourth-order valence-electron chi connectivity index (χ4n) is 8.96. The summed E-state index contributed by atoms with van der Waals surface area (Å²) in [6, 6.07) is 31.5. The summed E-state index contributed by atoms with van der Waals surface area (Å²) in [6.45, 7) is 0. The maximum Gasteiger partial charge on any atom is 0.239 e. The summed E-state index contributed by atoms with van der Waals surface area (Å²) in [7, 11) is 0. The topological polar surface area (TPSA) is 54.5 Å². The molecule has 48 heavy (non-hydrogen) atoms. The summed E-state index contributed by atoms with van der Waals surface area (Å²) in [5.74, 6) is -17.8. The summed E-state index contributed by atoms with van der Waals surface area (Å²) >= 11 is 0. The molecule has 0 spiro atoms. The van der Waals surface area contributed by atoms with Crippen molar-refractivity contribution in [1.82, 2.24) is 0 Å². The average molecular weight is 646 g/mol. The molecule has 6 aromatic carbocycles. The molecule has 4 unspecified atom stereocenters. The van der Waals surface area contributed by atoms with Crippen molar-refractivity contribution in [2.75, 3.05) is 4.90 Å². The second kappa shape index (κ2) is 9.44. The fourth-order valence-corrected chi connectivity index (χ4v) is 8.96. The molecule has 0 aromatic heterocycles. The van der Waals surface area contributed by atoms with Gasteiger partial charge in [-0.25, -0.2) is 26.9 Å². The second-order valence-electron chi connectivity index (χ2n) is 12.4. The molecule has 2 fully saturated rings. The highest BCUT2D eigenvalue weighted by Gasteiger charge is 2.82. The molecule has 1 aliphatic heterocycles. The van der Waals surface area contributed by atoms with Crippen LogP contribution in [0.25, 0.3) is 21.5 Å². The van der Waals surface area contributed by atoms with Gasteiger partial charge in [-0.2, -0.15) is 0 Å². The van der Waals surface area contributed by atoms with E-state index in [0.29, 0.717) is 33.0 Å². The molecule has 0 radical (unpaired) electrons. The van der Waals surface area contributed by atoms with Gasteiger partial charge in [0.25, 0.3) is 0 Å². The van der Waals surface area contributed by atoms with E-state index in [4.69, 9.17) is 0 Å². The van der Waals surface area contributed by atoms with Crippen LogP contribution < -0.4 is 4.90 Å². The predicted octanol–water partition coefficient (Wildman–Crippen LogP) is 7.66. The molecule has 2 amide bonds. The highest BCUT2D eigenvalue weighted by atomic mass is 19.2. The van der Waals surface area contributed by atoms with Crippen LogP contribution >= 0.6 is 0 Å². The zero-order chi connectivity index (χ0) is 33.3. The van der Waals surface area contributed by atoms with E-state index in [1.54, 1.807) is 72.8 Å². The Bertz CT molecular complexity index is 2290. The minimum absolute atomic E-state index is 0.0731. The van der Waals surface area contributed by atoms with Crippen LogP contribution in [0.4, 0.5) is 27.6 Å². The zero-order valence-electron chi connectivity index (χ0n) is 24.6. The van der Waals surface area contributed by atoms with Gasteiger partial charge in [-0.05, 0) is 43.8 Å². The monoisotopic (exact) mass is 645 g/mol. The summed E-state index contributed by atoms with van der Waals surface area (Å²) in [6.07, 6.45) is 0. The molecule has 1 heterocycles. The summed E-state index contributed by atoms with van der Waals surface area (Å²) in [4.78, 5) is 45.4. The minimum atomic E-state index is -2.42. The van der Waals surface area contributed by atoms with Crippen molar-refractivity contribution < 1.29 is 36.3 Å². The highest BCUT2D eigenvalue weighted by Crippen LogP contribution is 2.72. The highest BCUT2D eigenvalue weighted by molar-refractivity contribution is 6.34. The Morgan fingerprint density at radius 3 is 1.17 bits per heavy atom. The number of fused-ring (bicyclic) bond motifs is 13. The van der Waals surface area contributed by atoms with Gasteiger partial charge in [0.05, 0.1) is 22.7 Å². The van der Waals surface area contributed by atoms with Crippen LogP contribution in [0.1, 0.15) is 22.3 Å². The molecular formula is C39H20F5NO3. The van der Waals surface area contributed by atoms with Crippen molar-refractivity contribution in [1.29, 1.82) is 0 Å². The number of halogens is 5. The third-order valence-electron chi connectivity index (χ3n) is 10.5. The van der Waals surface area contributed by atoms with Crippen molar-refractivity contribution >= 4 is 44.8 Å². The van der Waals surface area contributed by atoms with Crippen molar-refractivity contribution in [2.45, 2.75) is 10.8 Å². The van der Waals surface area contributed by atoms with Crippen LogP contribution in [-0.2, 0) is 25.2 Å². The van der Waals surface area contributed by atoms with Crippen molar-refractivity contribution in [3.05, 3.63) is 161 Å². The lowest BCUT2D eigenvalue weighted by Gasteiger charge is -2.38. The minimum Gasteiger partial charge on any atom is -0.297 e. The lowest BCUT2D eigenvalue weighted by atomic mass is 9.59. The second-order valence-corrected chi connectivity index (χ2v) is 12.4. The van der Waals surface area contributed by atoms with Crippen LogP contribution in [0.2, 0.25) is 0 Å². The number of imide groups is 1. The quantitative estimate of drug-likeness (QED) is 0.0653. The summed E-state index contributed by atoms with van der Waals surface area (Å²) in [5, 5.41) is 2.82. The smallest absolute Gasteiger partial charge is 0.239 e. The lowest BCUT2D eigenvalue weighted by Crippen LogP contribution is -2.45. The number of amides is 2. The Balaban J connectivity index is 1.50. The van der Waals surface area contributed by atoms with E-state index in [9.17, 15) is 22.8 Å². The van der Waals surface area contributed by atoms with Crippen molar-refractivity contribution in [2.24, 2.45) is 11.8 Å². The third-order valence-corrected chi connectivity index (χ3v) is 10.5. The fraction of sp³-hybridized carbons (Fsp3) is 0.103. The van der Waals surface area contributed by atoms with Crippen LogP contribution in [0.15, 0.2) is 109 Å². The number of hydrogen-bond acceptors (Lipinski definition) is 3. The molecule has 6 aromatic rings. The van der Waals surface area contributed by atoms with E-state index in [0.717, 1.165) is 10.8 Å². The van der Waals surface area contributed by atoms with Crippen LogP contribution in [0.5, 0.6) is 0 Å². The molecule has 0 N–H and O–H groups in total. The Labute approximate surface area is 269 Å². The van der Waals surface area contributed by atoms with Gasteiger partial charge < -0.3 is 0 Å². The third kappa shape index (κ3) is 2.99. The molecule has 9 heteroatoms. The van der Waals surface area contributed by atoms with Crippen molar-refractivity contribution in [3.8, 4) is 0 Å². The van der Waals surface area contributed by atoms with Gasteiger partial charge in [0, 0.05) is 0 Å². The number of rotatable bonds is 3. The average Bonchev–Trinajstić information content (AvgIpc) is 3.63. The lowest BCUT2D eigenvalue weighted by molar-refractivity contribution is -0.130. The van der Waals surface area contributed by atoms with E-state index < -0.39 is 75.0 Å². The molecule has 234 valence electrons. The van der Waals surface area contributed by atoms with Gasteiger partial charge in [0.15, 0.2) is 29.1 Å². The van der Waals surface area contributed by atoms with Gasteiger partial charge in [0.1, 0.15) is 5.69 Å². The SMILES string of the molecule is O=C1C2C(C(=O)N1c1c(F)c(F)c(F)c(F)c1F)C1(c3ccccc3)C(=O)C2(c2ccccc2)c2c1c1ccccc1c1ccccc21. The standard InChI is InChI=1S/C39H20F5NO3/c40-29-30(41)32(43)34(33(44)31(29)42)45-35(46)27-28(36(45)47)39(20-13-5-2-6-14-20)26-24-18-10-8-16-22(24)21-15-7-9-17-23(21)25(26)38(27,37(39)48)19-11-3-1-4-12-19/h1-18,27-28H. The Kier molecular flexibility index (Phi) is 5.61. The molecule has 9 rings (SSSR count). The van der Waals surface area contributed by atoms with E-state index in [1.165, 1.54) is 0 Å². The first-order valence-electron chi connectivity index (χ1n) is 15.2. The number of carbonyl (C=O) groups excluding carboxylic acids is 3. The first-order valence-corrected chi connectivity index (χ1v) is 15.2. The normalized spacial score (nSPS) is 24.2. The number of nitrogens with zero attached hydrogens (tertiary/aromatic N) is 1. The Morgan fingerprint density at radius 1 is 0.438 bits per heavy atom. The molecule has 1 saturated heterocycles. The van der Waals surface area contributed by atoms with Gasteiger partial charge >= 0.3 is 0 Å². The molecule has 2 aliphatic carbocycles. The zero-order valence-corrected chi connectivity index (χ0v) is 24.6. The van der Waals surface area contributed by atoms with Crippen LogP contribution in [0.3, 0.4) is 0 Å². The van der Waals surface area contributed by atoms with Gasteiger partial charge in [-0.3, -0.25) is 14.4 Å². The molecule has 1 saturated carbocycles. The van der Waals surface area contributed by atoms with E-state index in [2.05, 4.69) is 0 Å². The Morgan fingerprint density at radius 2 is 0.771 bits per heavy atom. The molecule has 2 bridgehead atoms. The van der Waals surface area contributed by atoms with E-state index in [1.807, 2.05) is 36.4 Å². The van der Waals surface area contributed by atoms with Crippen LogP contribution in [0, 0.1) is 40.9 Å². The van der Waals surface area contributed by atoms with E-state index >= 15 is 13.6 Å². The van der Waals surface area contributed by atoms with Gasteiger partial charge in [0.2, 0.25) is 17.6 Å². The Hall–Kier alpha value is -5.70. The van der Waals surface area contributed by atoms with E-state index in [-0.39, 0.29) is 4.90 Å². The van der Waals surface area contributed by atoms with Gasteiger partial charge in [-0.15, -0.1) is 0 Å². The maximum atomic E-state index is 15.8. The number of anilines is 1. The van der Waals surface area contributed by atoms with Gasteiger partial charge in [-0.1, -0.05) is 109 Å². The van der Waals surface area contributed by atoms with Crippen LogP contribution in [-0.4, -0.2) is 17.6 Å². The summed E-state index contributed by atoms with van der Waals surface area (Å²) < 4.78 is 74.3. The van der Waals surface area contributed by atoms with Crippen molar-refractivity contribution in [3.63, 3.8) is 0 Å². The number of Topliss-reactive ketones (excluding diaryl/α,β-unsaturated/α-hetero) is 1. The summed E-state index contributed by atoms with van der Waals surface area (Å²) in [5.41, 5.74) is -3.76.